The number of hydrogen-bond acceptors (Lipinski definition) is 10. The molecule has 2 aromatic carbocycles. The Labute approximate surface area is 240 Å². The van der Waals surface area contributed by atoms with Gasteiger partial charge in [0.1, 0.15) is 11.5 Å². The second-order valence-corrected chi connectivity index (χ2v) is 11.4. The van der Waals surface area contributed by atoms with Crippen LogP contribution in [0.3, 0.4) is 0 Å². The normalized spacial score (nSPS) is 13.6. The zero-order chi connectivity index (χ0) is 29.9. The number of sulfonamides is 1. The average molecular weight is 591 g/mol. The van der Waals surface area contributed by atoms with Crippen molar-refractivity contribution >= 4 is 45.0 Å². The standard InChI is InChI=1S/C28H26N6O7S/c1-3-40-26(36)24(35)31-22-9-5-8-21(30-22)25-32-23(33-41-25)17-10-12-20(13-11-17)42(38,39)34-19-7-4-6-18(16-19)29-27(37)28(2)14-15-28/h4-13,16,34H,3,14-15H2,1-2H3,(H,29,37)(H,30,31,35). The number of hydrogen-bond donors (Lipinski definition) is 3. The number of esters is 1. The van der Waals surface area contributed by atoms with Gasteiger partial charge in [0.05, 0.1) is 17.2 Å². The highest BCUT2D eigenvalue weighted by molar-refractivity contribution is 7.92. The van der Waals surface area contributed by atoms with Gasteiger partial charge >= 0.3 is 11.9 Å². The SMILES string of the molecule is CCOC(=O)C(=O)Nc1cccc(-c2nc(-c3ccc(S(=O)(=O)Nc4cccc(NC(=O)C5(C)CC5)c4)cc3)no2)n1. The fraction of sp³-hybridized carbons (Fsp3) is 0.214. The van der Waals surface area contributed by atoms with Crippen LogP contribution < -0.4 is 15.4 Å². The summed E-state index contributed by atoms with van der Waals surface area (Å²) in [5.41, 5.74) is 1.16. The van der Waals surface area contributed by atoms with Crippen LogP contribution in [0, 0.1) is 5.41 Å². The molecule has 2 heterocycles. The van der Waals surface area contributed by atoms with Crippen molar-refractivity contribution in [3.8, 4) is 23.0 Å². The molecule has 42 heavy (non-hydrogen) atoms. The van der Waals surface area contributed by atoms with Gasteiger partial charge in [0.15, 0.2) is 0 Å². The first-order valence-electron chi connectivity index (χ1n) is 12.9. The van der Waals surface area contributed by atoms with Crippen LogP contribution in [-0.2, 0) is 29.1 Å². The molecule has 0 atom stereocenters. The summed E-state index contributed by atoms with van der Waals surface area (Å²) in [5, 5.41) is 9.10. The van der Waals surface area contributed by atoms with Crippen molar-refractivity contribution in [3.63, 3.8) is 0 Å². The summed E-state index contributed by atoms with van der Waals surface area (Å²) < 4.78 is 38.5. The fourth-order valence-corrected chi connectivity index (χ4v) is 4.84. The number of nitrogens with zero attached hydrogens (tertiary/aromatic N) is 3. The van der Waals surface area contributed by atoms with Crippen LogP contribution >= 0.6 is 0 Å². The third-order valence-electron chi connectivity index (χ3n) is 6.44. The van der Waals surface area contributed by atoms with Crippen LogP contribution in [0.5, 0.6) is 0 Å². The van der Waals surface area contributed by atoms with Crippen molar-refractivity contribution < 1.29 is 32.1 Å². The predicted molar refractivity (Wildman–Crippen MR) is 151 cm³/mol. The highest BCUT2D eigenvalue weighted by Crippen LogP contribution is 2.45. The molecule has 3 N–H and O–H groups in total. The van der Waals surface area contributed by atoms with Gasteiger partial charge in [-0.05, 0) is 74.4 Å². The summed E-state index contributed by atoms with van der Waals surface area (Å²) >= 11 is 0. The van der Waals surface area contributed by atoms with Crippen LogP contribution in [0.2, 0.25) is 0 Å². The lowest BCUT2D eigenvalue weighted by atomic mass is 10.1. The smallest absolute Gasteiger partial charge is 0.397 e. The third kappa shape index (κ3) is 6.44. The number of carbonyl (C=O) groups is 3. The van der Waals surface area contributed by atoms with Crippen molar-refractivity contribution in [2.45, 2.75) is 31.6 Å². The van der Waals surface area contributed by atoms with E-state index in [1.165, 1.54) is 30.3 Å². The topological polar surface area (TPSA) is 182 Å². The molecule has 0 saturated heterocycles. The number of anilines is 3. The first kappa shape index (κ1) is 28.4. The maximum absolute atomic E-state index is 13.0. The first-order chi connectivity index (χ1) is 20.1. The van der Waals surface area contributed by atoms with Gasteiger partial charge in [-0.25, -0.2) is 18.2 Å². The van der Waals surface area contributed by atoms with Gasteiger partial charge in [0.2, 0.25) is 11.7 Å². The molecule has 5 rings (SSSR count). The Hall–Kier alpha value is -5.11. The lowest BCUT2D eigenvalue weighted by Gasteiger charge is -2.12. The lowest BCUT2D eigenvalue weighted by Crippen LogP contribution is -2.25. The van der Waals surface area contributed by atoms with E-state index >= 15 is 0 Å². The highest BCUT2D eigenvalue weighted by Gasteiger charge is 2.44. The van der Waals surface area contributed by atoms with Crippen molar-refractivity contribution in [2.24, 2.45) is 5.41 Å². The first-order valence-corrected chi connectivity index (χ1v) is 14.4. The molecule has 14 heteroatoms. The van der Waals surface area contributed by atoms with Crippen LogP contribution in [0.15, 0.2) is 76.1 Å². The zero-order valence-electron chi connectivity index (χ0n) is 22.6. The number of pyridine rings is 1. The molecule has 1 aliphatic rings. The van der Waals surface area contributed by atoms with Gasteiger partial charge in [-0.3, -0.25) is 14.3 Å². The highest BCUT2D eigenvalue weighted by atomic mass is 32.2. The molecule has 2 amide bonds. The second-order valence-electron chi connectivity index (χ2n) is 9.73. The van der Waals surface area contributed by atoms with E-state index in [1.807, 2.05) is 6.92 Å². The summed E-state index contributed by atoms with van der Waals surface area (Å²) in [7, 11) is -3.94. The van der Waals surface area contributed by atoms with E-state index in [2.05, 4.69) is 35.2 Å². The van der Waals surface area contributed by atoms with Crippen LogP contribution in [0.4, 0.5) is 17.2 Å². The molecule has 4 aromatic rings. The molecule has 0 bridgehead atoms. The summed E-state index contributed by atoms with van der Waals surface area (Å²) in [5.74, 6) is -1.80. The van der Waals surface area contributed by atoms with Crippen LogP contribution in [-0.4, -0.2) is 47.9 Å². The number of benzene rings is 2. The van der Waals surface area contributed by atoms with Crippen LogP contribution in [0.1, 0.15) is 26.7 Å². The Morgan fingerprint density at radius 2 is 1.67 bits per heavy atom. The Balaban J connectivity index is 1.26. The molecule has 0 radical (unpaired) electrons. The molecule has 1 aliphatic carbocycles. The van der Waals surface area contributed by atoms with E-state index in [0.717, 1.165) is 12.8 Å². The van der Waals surface area contributed by atoms with Gasteiger partial charge in [-0.15, -0.1) is 0 Å². The van der Waals surface area contributed by atoms with Crippen molar-refractivity contribution in [3.05, 3.63) is 66.7 Å². The quantitative estimate of drug-likeness (QED) is 0.191. The second kappa shape index (κ2) is 11.4. The molecule has 0 unspecified atom stereocenters. The minimum absolute atomic E-state index is 0.00149. The van der Waals surface area contributed by atoms with E-state index < -0.39 is 21.9 Å². The maximum Gasteiger partial charge on any atom is 0.397 e. The third-order valence-corrected chi connectivity index (χ3v) is 7.84. The Morgan fingerprint density at radius 1 is 0.952 bits per heavy atom. The number of carbonyl (C=O) groups excluding carboxylic acids is 3. The number of rotatable bonds is 9. The zero-order valence-corrected chi connectivity index (χ0v) is 23.4. The van der Waals surface area contributed by atoms with E-state index in [0.29, 0.717) is 16.9 Å². The van der Waals surface area contributed by atoms with Gasteiger partial charge in [-0.1, -0.05) is 24.2 Å². The van der Waals surface area contributed by atoms with E-state index in [4.69, 9.17) is 4.52 Å². The summed E-state index contributed by atoms with van der Waals surface area (Å²) in [6.07, 6.45) is 1.66. The van der Waals surface area contributed by atoms with Gasteiger partial charge < -0.3 is 19.9 Å². The van der Waals surface area contributed by atoms with E-state index in [9.17, 15) is 22.8 Å². The monoisotopic (exact) mass is 590 g/mol. The van der Waals surface area contributed by atoms with Crippen LogP contribution in [0.25, 0.3) is 23.0 Å². The minimum Gasteiger partial charge on any atom is -0.459 e. The van der Waals surface area contributed by atoms with Crippen molar-refractivity contribution in [1.82, 2.24) is 15.1 Å². The van der Waals surface area contributed by atoms with Gasteiger partial charge in [0.25, 0.3) is 15.9 Å². The predicted octanol–water partition coefficient (Wildman–Crippen LogP) is 3.84. The molecule has 0 aliphatic heterocycles. The molecule has 2 aromatic heterocycles. The lowest BCUT2D eigenvalue weighted by molar-refractivity contribution is -0.152. The molecule has 13 nitrogen and oxygen atoms in total. The fourth-order valence-electron chi connectivity index (χ4n) is 3.79. The molecular weight excluding hydrogens is 564 g/mol. The Morgan fingerprint density at radius 3 is 2.38 bits per heavy atom. The molecule has 216 valence electrons. The van der Waals surface area contributed by atoms with Gasteiger partial charge in [-0.2, -0.15) is 4.98 Å². The minimum atomic E-state index is -3.94. The molecule has 1 fully saturated rings. The van der Waals surface area contributed by atoms with Crippen molar-refractivity contribution in [2.75, 3.05) is 22.0 Å². The largest absolute Gasteiger partial charge is 0.459 e. The summed E-state index contributed by atoms with van der Waals surface area (Å²) in [6, 6.07) is 17.0. The van der Waals surface area contributed by atoms with Crippen molar-refractivity contribution in [1.29, 1.82) is 0 Å². The summed E-state index contributed by atoms with van der Waals surface area (Å²) in [6.45, 7) is 3.53. The number of amides is 2. The van der Waals surface area contributed by atoms with E-state index in [-0.39, 0.29) is 46.1 Å². The molecule has 0 spiro atoms. The number of aromatic nitrogens is 3. The average Bonchev–Trinajstić information content (AvgIpc) is 3.53. The molecule has 1 saturated carbocycles. The summed E-state index contributed by atoms with van der Waals surface area (Å²) in [4.78, 5) is 44.3. The number of nitrogens with one attached hydrogen (secondary N) is 3. The molecular formula is C28H26N6O7S. The Kier molecular flexibility index (Phi) is 7.72. The maximum atomic E-state index is 13.0. The Bertz CT molecular complexity index is 1770. The van der Waals surface area contributed by atoms with Gasteiger partial charge in [0, 0.05) is 16.7 Å². The number of ether oxygens (including phenoxy) is 1. The van der Waals surface area contributed by atoms with E-state index in [1.54, 1.807) is 43.3 Å².